The number of nitrogens with one attached hydrogen (secondary N) is 2. The molecule has 0 saturated heterocycles. The molecule has 126 valence electrons. The van der Waals surface area contributed by atoms with Crippen molar-refractivity contribution in [3.05, 3.63) is 0 Å². The quantitative estimate of drug-likeness (QED) is 0.722. The SMILES string of the molecule is C.C.O=C(NC1CCCCCCC1)NC1CCC(O)CC1. The summed E-state index contributed by atoms with van der Waals surface area (Å²) < 4.78 is 0. The van der Waals surface area contributed by atoms with Crippen LogP contribution in [0, 0.1) is 0 Å². The van der Waals surface area contributed by atoms with E-state index in [0.29, 0.717) is 6.04 Å². The number of carbonyl (C=O) groups is 1. The smallest absolute Gasteiger partial charge is 0.315 e. The molecule has 0 aromatic carbocycles. The van der Waals surface area contributed by atoms with Crippen LogP contribution in [0.4, 0.5) is 4.79 Å². The molecule has 21 heavy (non-hydrogen) atoms. The molecule has 2 amide bonds. The van der Waals surface area contributed by atoms with Crippen molar-refractivity contribution < 1.29 is 9.90 Å². The van der Waals surface area contributed by atoms with E-state index in [1.807, 2.05) is 0 Å². The lowest BCUT2D eigenvalue weighted by Crippen LogP contribution is -2.47. The molecular formula is C17H36N2O2. The Bertz CT molecular complexity index is 268. The minimum absolute atomic E-state index is 0. The minimum atomic E-state index is -0.160. The van der Waals surface area contributed by atoms with Crippen LogP contribution in [-0.2, 0) is 0 Å². The van der Waals surface area contributed by atoms with E-state index in [1.165, 1.54) is 32.1 Å². The highest BCUT2D eigenvalue weighted by Gasteiger charge is 2.21. The van der Waals surface area contributed by atoms with Crippen molar-refractivity contribution >= 4 is 6.03 Å². The number of aliphatic hydroxyl groups is 1. The van der Waals surface area contributed by atoms with Crippen LogP contribution in [0.3, 0.4) is 0 Å². The molecule has 0 bridgehead atoms. The molecule has 2 fully saturated rings. The summed E-state index contributed by atoms with van der Waals surface area (Å²) in [5.74, 6) is 0. The third-order valence-electron chi connectivity index (χ3n) is 4.47. The summed E-state index contributed by atoms with van der Waals surface area (Å²) in [5.41, 5.74) is 0. The monoisotopic (exact) mass is 300 g/mol. The summed E-state index contributed by atoms with van der Waals surface area (Å²) >= 11 is 0. The predicted octanol–water partition coefficient (Wildman–Crippen LogP) is 3.97. The Morgan fingerprint density at radius 3 is 1.67 bits per heavy atom. The van der Waals surface area contributed by atoms with E-state index in [4.69, 9.17) is 0 Å². The molecule has 2 rings (SSSR count). The van der Waals surface area contributed by atoms with Crippen molar-refractivity contribution in [2.45, 2.75) is 104 Å². The van der Waals surface area contributed by atoms with Gasteiger partial charge in [-0.3, -0.25) is 0 Å². The summed E-state index contributed by atoms with van der Waals surface area (Å²) in [4.78, 5) is 12.0. The first-order chi connectivity index (χ1) is 9.24. The van der Waals surface area contributed by atoms with Gasteiger partial charge in [0.2, 0.25) is 0 Å². The van der Waals surface area contributed by atoms with E-state index in [2.05, 4.69) is 10.6 Å². The van der Waals surface area contributed by atoms with Crippen LogP contribution in [0.25, 0.3) is 0 Å². The standard InChI is InChI=1S/C15H28N2O2.2CH4/c18-14-10-8-13(9-11-14)17-15(19)16-12-6-4-2-1-3-5-7-12;;/h12-14,18H,1-11H2,(H2,16,17,19);2*1H4. The average molecular weight is 300 g/mol. The van der Waals surface area contributed by atoms with Gasteiger partial charge < -0.3 is 15.7 Å². The maximum absolute atomic E-state index is 12.0. The molecule has 0 heterocycles. The Morgan fingerprint density at radius 2 is 1.14 bits per heavy atom. The van der Waals surface area contributed by atoms with E-state index in [1.54, 1.807) is 0 Å². The molecule has 0 aromatic rings. The zero-order chi connectivity index (χ0) is 13.5. The molecule has 4 heteroatoms. The fraction of sp³-hybridized carbons (Fsp3) is 0.941. The lowest BCUT2D eigenvalue weighted by Gasteiger charge is -2.28. The molecule has 2 aliphatic carbocycles. The molecule has 0 aromatic heterocycles. The Balaban J connectivity index is 0.00000200. The average Bonchev–Trinajstić information content (AvgIpc) is 2.35. The van der Waals surface area contributed by atoms with Crippen LogP contribution in [0.1, 0.15) is 85.5 Å². The molecule has 0 radical (unpaired) electrons. The van der Waals surface area contributed by atoms with Gasteiger partial charge in [-0.2, -0.15) is 0 Å². The third kappa shape index (κ3) is 7.70. The molecule has 0 atom stereocenters. The van der Waals surface area contributed by atoms with Crippen molar-refractivity contribution in [3.8, 4) is 0 Å². The maximum Gasteiger partial charge on any atom is 0.315 e. The van der Waals surface area contributed by atoms with Crippen molar-refractivity contribution in [1.29, 1.82) is 0 Å². The highest BCUT2D eigenvalue weighted by atomic mass is 16.3. The third-order valence-corrected chi connectivity index (χ3v) is 4.47. The van der Waals surface area contributed by atoms with Crippen molar-refractivity contribution in [2.24, 2.45) is 0 Å². The zero-order valence-electron chi connectivity index (χ0n) is 11.9. The summed E-state index contributed by atoms with van der Waals surface area (Å²) in [7, 11) is 0. The highest BCUT2D eigenvalue weighted by molar-refractivity contribution is 5.74. The van der Waals surface area contributed by atoms with Gasteiger partial charge in [0.15, 0.2) is 0 Å². The summed E-state index contributed by atoms with van der Waals surface area (Å²) in [6, 6.07) is 0.596. The number of amides is 2. The van der Waals surface area contributed by atoms with Crippen LogP contribution in [-0.4, -0.2) is 29.3 Å². The Labute approximate surface area is 131 Å². The van der Waals surface area contributed by atoms with Crippen molar-refractivity contribution in [3.63, 3.8) is 0 Å². The van der Waals surface area contributed by atoms with Crippen LogP contribution in [0.2, 0.25) is 0 Å². The molecule has 2 aliphatic rings. The van der Waals surface area contributed by atoms with Gasteiger partial charge in [-0.05, 0) is 38.5 Å². The Kier molecular flexibility index (Phi) is 10.5. The Hall–Kier alpha value is -0.770. The summed E-state index contributed by atoms with van der Waals surface area (Å²) in [5, 5.41) is 15.6. The highest BCUT2D eigenvalue weighted by Crippen LogP contribution is 2.19. The molecule has 0 aliphatic heterocycles. The van der Waals surface area contributed by atoms with E-state index in [-0.39, 0.29) is 33.0 Å². The maximum atomic E-state index is 12.0. The van der Waals surface area contributed by atoms with Crippen LogP contribution < -0.4 is 10.6 Å². The molecule has 3 N–H and O–H groups in total. The molecule has 0 spiro atoms. The van der Waals surface area contributed by atoms with E-state index < -0.39 is 0 Å². The van der Waals surface area contributed by atoms with Crippen molar-refractivity contribution in [1.82, 2.24) is 10.6 Å². The zero-order valence-corrected chi connectivity index (χ0v) is 11.9. The number of aliphatic hydroxyl groups excluding tert-OH is 1. The fourth-order valence-electron chi connectivity index (χ4n) is 3.23. The first-order valence-corrected chi connectivity index (χ1v) is 7.99. The van der Waals surface area contributed by atoms with Crippen LogP contribution in [0.5, 0.6) is 0 Å². The molecule has 2 saturated carbocycles. The van der Waals surface area contributed by atoms with Gasteiger partial charge in [0, 0.05) is 12.1 Å². The number of rotatable bonds is 2. The molecule has 0 unspecified atom stereocenters. The van der Waals surface area contributed by atoms with Gasteiger partial charge in [0.05, 0.1) is 6.10 Å². The van der Waals surface area contributed by atoms with Gasteiger partial charge in [0.1, 0.15) is 0 Å². The van der Waals surface area contributed by atoms with Gasteiger partial charge in [-0.25, -0.2) is 4.79 Å². The van der Waals surface area contributed by atoms with Crippen LogP contribution in [0.15, 0.2) is 0 Å². The van der Waals surface area contributed by atoms with E-state index in [0.717, 1.165) is 38.5 Å². The first kappa shape index (κ1) is 20.2. The van der Waals surface area contributed by atoms with Gasteiger partial charge in [0.25, 0.3) is 0 Å². The topological polar surface area (TPSA) is 61.4 Å². The molecule has 4 nitrogen and oxygen atoms in total. The van der Waals surface area contributed by atoms with Crippen LogP contribution >= 0.6 is 0 Å². The lowest BCUT2D eigenvalue weighted by molar-refractivity contribution is 0.117. The lowest BCUT2D eigenvalue weighted by atomic mass is 9.93. The second kappa shape index (κ2) is 10.9. The van der Waals surface area contributed by atoms with Gasteiger partial charge in [-0.1, -0.05) is 47.0 Å². The number of urea groups is 1. The van der Waals surface area contributed by atoms with Gasteiger partial charge in [-0.15, -0.1) is 0 Å². The Morgan fingerprint density at radius 1 is 0.714 bits per heavy atom. The minimum Gasteiger partial charge on any atom is -0.393 e. The number of hydrogen-bond acceptors (Lipinski definition) is 2. The predicted molar refractivity (Wildman–Crippen MR) is 89.5 cm³/mol. The summed E-state index contributed by atoms with van der Waals surface area (Å²) in [6.45, 7) is 0. The van der Waals surface area contributed by atoms with E-state index >= 15 is 0 Å². The second-order valence-corrected chi connectivity index (χ2v) is 6.17. The second-order valence-electron chi connectivity index (χ2n) is 6.17. The largest absolute Gasteiger partial charge is 0.393 e. The normalized spacial score (nSPS) is 27.3. The van der Waals surface area contributed by atoms with Crippen molar-refractivity contribution in [2.75, 3.05) is 0 Å². The fourth-order valence-corrected chi connectivity index (χ4v) is 3.23. The van der Waals surface area contributed by atoms with E-state index in [9.17, 15) is 9.90 Å². The molecular weight excluding hydrogens is 264 g/mol. The number of carbonyl (C=O) groups excluding carboxylic acids is 1. The number of hydrogen-bond donors (Lipinski definition) is 3. The van der Waals surface area contributed by atoms with Gasteiger partial charge >= 0.3 is 6.03 Å². The summed E-state index contributed by atoms with van der Waals surface area (Å²) in [6.07, 6.45) is 12.0. The first-order valence-electron chi connectivity index (χ1n) is 7.99.